The average molecular weight is 137 g/mol. The van der Waals surface area contributed by atoms with Crippen LogP contribution in [0, 0.1) is 5.82 Å². The lowest BCUT2D eigenvalue weighted by Gasteiger charge is -1.92. The molecule has 0 heterocycles. The third-order valence-electron chi connectivity index (χ3n) is 1.18. The summed E-state index contributed by atoms with van der Waals surface area (Å²) in [6, 6.07) is 6.47. The fourth-order valence-corrected chi connectivity index (χ4v) is 0.714. The maximum atomic E-state index is 12.7. The SMILES string of the molecule is NC=Cc1ccccc1F. The quantitative estimate of drug-likeness (QED) is 0.627. The van der Waals surface area contributed by atoms with Crippen molar-refractivity contribution in [3.63, 3.8) is 0 Å². The van der Waals surface area contributed by atoms with Crippen molar-refractivity contribution in [1.82, 2.24) is 0 Å². The van der Waals surface area contributed by atoms with Crippen LogP contribution in [0.2, 0.25) is 0 Å². The maximum Gasteiger partial charge on any atom is 0.130 e. The molecule has 0 aliphatic heterocycles. The zero-order chi connectivity index (χ0) is 7.40. The van der Waals surface area contributed by atoms with Gasteiger partial charge in [0.15, 0.2) is 0 Å². The van der Waals surface area contributed by atoms with Crippen molar-refractivity contribution in [3.8, 4) is 0 Å². The molecule has 1 aromatic carbocycles. The van der Waals surface area contributed by atoms with Crippen LogP contribution in [-0.2, 0) is 0 Å². The van der Waals surface area contributed by atoms with Crippen LogP contribution in [0.5, 0.6) is 0 Å². The third kappa shape index (κ3) is 1.35. The first-order valence-electron chi connectivity index (χ1n) is 2.97. The normalized spacial score (nSPS) is 10.5. The molecule has 0 unspecified atom stereocenters. The van der Waals surface area contributed by atoms with E-state index in [9.17, 15) is 4.39 Å². The summed E-state index contributed by atoms with van der Waals surface area (Å²) in [6.07, 6.45) is 2.84. The molecule has 10 heavy (non-hydrogen) atoms. The Morgan fingerprint density at radius 3 is 2.60 bits per heavy atom. The molecule has 52 valence electrons. The van der Waals surface area contributed by atoms with E-state index in [-0.39, 0.29) is 5.82 Å². The van der Waals surface area contributed by atoms with Gasteiger partial charge in [-0.1, -0.05) is 18.2 Å². The lowest BCUT2D eigenvalue weighted by Crippen LogP contribution is -1.81. The number of rotatable bonds is 1. The van der Waals surface area contributed by atoms with Gasteiger partial charge in [0.05, 0.1) is 0 Å². The van der Waals surface area contributed by atoms with Gasteiger partial charge in [0.25, 0.3) is 0 Å². The van der Waals surface area contributed by atoms with Gasteiger partial charge in [0.1, 0.15) is 5.82 Å². The Hall–Kier alpha value is -1.31. The summed E-state index contributed by atoms with van der Waals surface area (Å²) >= 11 is 0. The Bertz CT molecular complexity index is 243. The maximum absolute atomic E-state index is 12.7. The highest BCUT2D eigenvalue weighted by Gasteiger charge is 1.92. The summed E-state index contributed by atoms with van der Waals surface area (Å²) in [7, 11) is 0. The molecule has 0 atom stereocenters. The predicted molar refractivity (Wildman–Crippen MR) is 39.6 cm³/mol. The minimum absolute atomic E-state index is 0.246. The van der Waals surface area contributed by atoms with E-state index >= 15 is 0 Å². The molecule has 0 radical (unpaired) electrons. The topological polar surface area (TPSA) is 26.0 Å². The van der Waals surface area contributed by atoms with Crippen LogP contribution in [0.4, 0.5) is 4.39 Å². The number of nitrogens with two attached hydrogens (primary N) is 1. The van der Waals surface area contributed by atoms with Crippen LogP contribution in [0.15, 0.2) is 30.5 Å². The minimum atomic E-state index is -0.246. The second kappa shape index (κ2) is 3.01. The van der Waals surface area contributed by atoms with E-state index in [4.69, 9.17) is 5.73 Å². The molecule has 2 heteroatoms. The van der Waals surface area contributed by atoms with E-state index < -0.39 is 0 Å². The van der Waals surface area contributed by atoms with E-state index in [0.717, 1.165) is 0 Å². The Balaban J connectivity index is 3.03. The Morgan fingerprint density at radius 2 is 2.00 bits per heavy atom. The second-order valence-electron chi connectivity index (χ2n) is 1.88. The van der Waals surface area contributed by atoms with E-state index in [2.05, 4.69) is 0 Å². The Labute approximate surface area is 59.0 Å². The smallest absolute Gasteiger partial charge is 0.130 e. The van der Waals surface area contributed by atoms with Crippen LogP contribution < -0.4 is 5.73 Å². The fraction of sp³-hybridized carbons (Fsp3) is 0. The molecule has 0 saturated carbocycles. The molecule has 2 N–H and O–H groups in total. The number of benzene rings is 1. The molecular formula is C8H8FN. The highest BCUT2D eigenvalue weighted by atomic mass is 19.1. The van der Waals surface area contributed by atoms with Crippen LogP contribution in [-0.4, -0.2) is 0 Å². The first kappa shape index (κ1) is 6.81. The van der Waals surface area contributed by atoms with E-state index in [1.807, 2.05) is 0 Å². The van der Waals surface area contributed by atoms with Crippen LogP contribution in [0.25, 0.3) is 6.08 Å². The van der Waals surface area contributed by atoms with E-state index in [1.165, 1.54) is 18.3 Å². The highest BCUT2D eigenvalue weighted by Crippen LogP contribution is 2.06. The minimum Gasteiger partial charge on any atom is -0.405 e. The van der Waals surface area contributed by atoms with Crippen molar-refractivity contribution < 1.29 is 4.39 Å². The van der Waals surface area contributed by atoms with Crippen molar-refractivity contribution in [2.45, 2.75) is 0 Å². The van der Waals surface area contributed by atoms with Crippen LogP contribution in [0.3, 0.4) is 0 Å². The molecule has 0 aliphatic rings. The van der Waals surface area contributed by atoms with Crippen molar-refractivity contribution in [1.29, 1.82) is 0 Å². The van der Waals surface area contributed by atoms with Gasteiger partial charge in [-0.2, -0.15) is 0 Å². The molecule has 0 saturated heterocycles. The second-order valence-corrected chi connectivity index (χ2v) is 1.88. The molecular weight excluding hydrogens is 129 g/mol. The zero-order valence-corrected chi connectivity index (χ0v) is 5.42. The summed E-state index contributed by atoms with van der Waals surface area (Å²) in [6.45, 7) is 0. The van der Waals surface area contributed by atoms with E-state index in [0.29, 0.717) is 5.56 Å². The van der Waals surface area contributed by atoms with Crippen molar-refractivity contribution in [2.24, 2.45) is 5.73 Å². The molecule has 1 rings (SSSR count). The molecule has 0 fully saturated rings. The third-order valence-corrected chi connectivity index (χ3v) is 1.18. The molecule has 0 aliphatic carbocycles. The standard InChI is InChI=1S/C8H8FN/c9-8-4-2-1-3-7(8)5-6-10/h1-6H,10H2. The van der Waals surface area contributed by atoms with Crippen molar-refractivity contribution in [3.05, 3.63) is 41.8 Å². The zero-order valence-electron chi connectivity index (χ0n) is 5.42. The number of hydrogen-bond acceptors (Lipinski definition) is 1. The van der Waals surface area contributed by atoms with E-state index in [1.54, 1.807) is 18.2 Å². The molecule has 1 aromatic rings. The summed E-state index contributed by atoms with van der Waals surface area (Å²) in [4.78, 5) is 0. The van der Waals surface area contributed by atoms with Gasteiger partial charge in [-0.3, -0.25) is 0 Å². The summed E-state index contributed by atoms with van der Waals surface area (Å²) in [5.74, 6) is -0.246. The van der Waals surface area contributed by atoms with Gasteiger partial charge in [-0.25, -0.2) is 4.39 Å². The molecule has 0 spiro atoms. The highest BCUT2D eigenvalue weighted by molar-refractivity contribution is 5.48. The van der Waals surface area contributed by atoms with Crippen molar-refractivity contribution >= 4 is 6.08 Å². The van der Waals surface area contributed by atoms with Crippen LogP contribution >= 0.6 is 0 Å². The summed E-state index contributed by atoms with van der Waals surface area (Å²) < 4.78 is 12.7. The largest absolute Gasteiger partial charge is 0.405 e. The lowest BCUT2D eigenvalue weighted by molar-refractivity contribution is 0.625. The predicted octanol–water partition coefficient (Wildman–Crippen LogP) is 1.76. The fourth-order valence-electron chi connectivity index (χ4n) is 0.714. The molecule has 1 nitrogen and oxygen atoms in total. The lowest BCUT2D eigenvalue weighted by atomic mass is 10.2. The van der Waals surface area contributed by atoms with Gasteiger partial charge >= 0.3 is 0 Å². The van der Waals surface area contributed by atoms with Gasteiger partial charge in [0, 0.05) is 5.56 Å². The summed E-state index contributed by atoms with van der Waals surface area (Å²) in [5.41, 5.74) is 5.60. The van der Waals surface area contributed by atoms with Crippen molar-refractivity contribution in [2.75, 3.05) is 0 Å². The van der Waals surface area contributed by atoms with Gasteiger partial charge < -0.3 is 5.73 Å². The molecule has 0 aromatic heterocycles. The Morgan fingerprint density at radius 1 is 1.30 bits per heavy atom. The first-order chi connectivity index (χ1) is 4.84. The van der Waals surface area contributed by atoms with Gasteiger partial charge in [-0.15, -0.1) is 0 Å². The van der Waals surface area contributed by atoms with Crippen LogP contribution in [0.1, 0.15) is 5.56 Å². The molecule has 0 bridgehead atoms. The first-order valence-corrected chi connectivity index (χ1v) is 2.97. The number of hydrogen-bond donors (Lipinski definition) is 1. The summed E-state index contributed by atoms with van der Waals surface area (Å²) in [5, 5.41) is 0. The van der Waals surface area contributed by atoms with Gasteiger partial charge in [0.2, 0.25) is 0 Å². The molecule has 0 amide bonds. The monoisotopic (exact) mass is 137 g/mol. The Kier molecular flexibility index (Phi) is 2.05. The average Bonchev–Trinajstić information content (AvgIpc) is 1.94. The number of halogens is 1. The van der Waals surface area contributed by atoms with Gasteiger partial charge in [-0.05, 0) is 18.3 Å².